The van der Waals surface area contributed by atoms with E-state index in [-0.39, 0.29) is 17.9 Å². The average Bonchev–Trinajstić information content (AvgIpc) is 3.04. The summed E-state index contributed by atoms with van der Waals surface area (Å²) in [6, 6.07) is 8.47. The molecule has 2 aliphatic rings. The van der Waals surface area contributed by atoms with Gasteiger partial charge in [-0.05, 0) is 58.0 Å². The number of nitrogens with one attached hydrogen (secondary N) is 1. The van der Waals surface area contributed by atoms with Crippen LogP contribution in [0.3, 0.4) is 0 Å². The highest BCUT2D eigenvalue weighted by atomic mass is 16.2. The molecule has 0 aliphatic carbocycles. The van der Waals surface area contributed by atoms with Crippen molar-refractivity contribution in [3.63, 3.8) is 0 Å². The number of piperidine rings is 1. The third-order valence-electron chi connectivity index (χ3n) is 6.64. The SMILES string of the molecule is Cc1ccccc1CN1CCc2nnc(C(C)NC(=O)C3CCN(C)CC3)n2CC1. The molecule has 7 nitrogen and oxygen atoms in total. The van der Waals surface area contributed by atoms with Gasteiger partial charge >= 0.3 is 0 Å². The van der Waals surface area contributed by atoms with Crippen molar-refractivity contribution in [2.45, 2.75) is 52.2 Å². The average molecular weight is 411 g/mol. The minimum atomic E-state index is -0.124. The standard InChI is InChI=1S/C23H34N6O/c1-17-6-4-5-7-20(17)16-28-13-10-21-25-26-22(29(21)15-14-28)18(2)24-23(30)19-8-11-27(3)12-9-19/h4-7,18-19H,8-16H2,1-3H3,(H,24,30). The number of carbonyl (C=O) groups excluding carboxylic acids is 1. The maximum atomic E-state index is 12.7. The van der Waals surface area contributed by atoms with Gasteiger partial charge in [-0.15, -0.1) is 10.2 Å². The third-order valence-corrected chi connectivity index (χ3v) is 6.64. The van der Waals surface area contributed by atoms with Gasteiger partial charge in [0.05, 0.1) is 6.04 Å². The lowest BCUT2D eigenvalue weighted by molar-refractivity contribution is -0.127. The van der Waals surface area contributed by atoms with E-state index >= 15 is 0 Å². The van der Waals surface area contributed by atoms with E-state index < -0.39 is 0 Å². The lowest BCUT2D eigenvalue weighted by Gasteiger charge is -2.29. The van der Waals surface area contributed by atoms with Gasteiger partial charge in [0.25, 0.3) is 0 Å². The molecular weight excluding hydrogens is 376 g/mol. The zero-order valence-corrected chi connectivity index (χ0v) is 18.5. The zero-order chi connectivity index (χ0) is 21.1. The highest BCUT2D eigenvalue weighted by Gasteiger charge is 2.27. The summed E-state index contributed by atoms with van der Waals surface area (Å²) in [6.45, 7) is 9.94. The summed E-state index contributed by atoms with van der Waals surface area (Å²) >= 11 is 0. The number of hydrogen-bond donors (Lipinski definition) is 1. The predicted molar refractivity (Wildman–Crippen MR) is 117 cm³/mol. The molecule has 30 heavy (non-hydrogen) atoms. The first kappa shape index (κ1) is 21.0. The van der Waals surface area contributed by atoms with Gasteiger partial charge in [0.15, 0.2) is 5.82 Å². The Balaban J connectivity index is 1.37. The number of rotatable bonds is 5. The summed E-state index contributed by atoms with van der Waals surface area (Å²) in [5.74, 6) is 2.17. The largest absolute Gasteiger partial charge is 0.346 e. The second-order valence-corrected chi connectivity index (χ2v) is 8.89. The lowest BCUT2D eigenvalue weighted by Crippen LogP contribution is -2.40. The minimum absolute atomic E-state index is 0.111. The van der Waals surface area contributed by atoms with Crippen molar-refractivity contribution >= 4 is 5.91 Å². The Bertz CT molecular complexity index is 870. The van der Waals surface area contributed by atoms with Crippen molar-refractivity contribution in [2.24, 2.45) is 5.92 Å². The van der Waals surface area contributed by atoms with Crippen LogP contribution < -0.4 is 5.32 Å². The normalized spacial score (nSPS) is 19.8. The fourth-order valence-electron chi connectivity index (χ4n) is 4.56. The van der Waals surface area contributed by atoms with Gasteiger partial charge in [0, 0.05) is 38.5 Å². The van der Waals surface area contributed by atoms with Gasteiger partial charge in [0.1, 0.15) is 5.82 Å². The molecule has 1 saturated heterocycles. The van der Waals surface area contributed by atoms with Crippen LogP contribution in [0.2, 0.25) is 0 Å². The minimum Gasteiger partial charge on any atom is -0.346 e. The monoisotopic (exact) mass is 410 g/mol. The topological polar surface area (TPSA) is 66.3 Å². The summed E-state index contributed by atoms with van der Waals surface area (Å²) in [5, 5.41) is 12.1. The molecule has 1 N–H and O–H groups in total. The molecule has 7 heteroatoms. The smallest absolute Gasteiger partial charge is 0.223 e. The number of likely N-dealkylation sites (tertiary alicyclic amines) is 1. The van der Waals surface area contributed by atoms with Gasteiger partial charge in [-0.25, -0.2) is 0 Å². The number of fused-ring (bicyclic) bond motifs is 1. The van der Waals surface area contributed by atoms with E-state index in [0.717, 1.165) is 70.2 Å². The number of aromatic nitrogens is 3. The van der Waals surface area contributed by atoms with Crippen molar-refractivity contribution in [2.75, 3.05) is 33.2 Å². The fraction of sp³-hybridized carbons (Fsp3) is 0.609. The Morgan fingerprint density at radius 2 is 1.90 bits per heavy atom. The molecule has 162 valence electrons. The summed E-state index contributed by atoms with van der Waals surface area (Å²) in [6.07, 6.45) is 2.75. The molecule has 1 atom stereocenters. The Morgan fingerprint density at radius 1 is 1.13 bits per heavy atom. The van der Waals surface area contributed by atoms with Gasteiger partial charge in [-0.2, -0.15) is 0 Å². The van der Waals surface area contributed by atoms with Crippen LogP contribution >= 0.6 is 0 Å². The molecule has 0 bridgehead atoms. The van der Waals surface area contributed by atoms with Crippen molar-refractivity contribution in [1.29, 1.82) is 0 Å². The number of carbonyl (C=O) groups is 1. The van der Waals surface area contributed by atoms with Crippen LogP contribution in [0.1, 0.15) is 48.6 Å². The molecule has 1 aromatic carbocycles. The molecule has 1 unspecified atom stereocenters. The van der Waals surface area contributed by atoms with Crippen LogP contribution in [0.15, 0.2) is 24.3 Å². The number of benzene rings is 1. The second kappa shape index (κ2) is 9.27. The highest BCUT2D eigenvalue weighted by Crippen LogP contribution is 2.20. The fourth-order valence-corrected chi connectivity index (χ4v) is 4.56. The summed E-state index contributed by atoms with van der Waals surface area (Å²) in [5.41, 5.74) is 2.72. The van der Waals surface area contributed by atoms with Crippen molar-refractivity contribution < 1.29 is 4.79 Å². The molecular formula is C23H34N6O. The summed E-state index contributed by atoms with van der Waals surface area (Å²) in [4.78, 5) is 17.5. The molecule has 1 aromatic heterocycles. The molecule has 0 saturated carbocycles. The summed E-state index contributed by atoms with van der Waals surface area (Å²) in [7, 11) is 2.12. The molecule has 1 amide bonds. The molecule has 2 aromatic rings. The van der Waals surface area contributed by atoms with Crippen LogP contribution in [-0.2, 0) is 24.3 Å². The first-order valence-electron chi connectivity index (χ1n) is 11.2. The van der Waals surface area contributed by atoms with E-state index in [0.29, 0.717) is 0 Å². The molecule has 0 radical (unpaired) electrons. The molecule has 1 fully saturated rings. The molecule has 3 heterocycles. The van der Waals surface area contributed by atoms with Crippen molar-refractivity contribution in [3.05, 3.63) is 47.0 Å². The maximum absolute atomic E-state index is 12.7. The van der Waals surface area contributed by atoms with Gasteiger partial charge < -0.3 is 14.8 Å². The maximum Gasteiger partial charge on any atom is 0.223 e. The second-order valence-electron chi connectivity index (χ2n) is 8.89. The van der Waals surface area contributed by atoms with E-state index in [1.54, 1.807) is 0 Å². The number of amides is 1. The molecule has 0 spiro atoms. The third kappa shape index (κ3) is 4.73. The highest BCUT2D eigenvalue weighted by molar-refractivity contribution is 5.79. The molecule has 2 aliphatic heterocycles. The first-order chi connectivity index (χ1) is 14.5. The summed E-state index contributed by atoms with van der Waals surface area (Å²) < 4.78 is 2.22. The Morgan fingerprint density at radius 3 is 2.67 bits per heavy atom. The van der Waals surface area contributed by atoms with Gasteiger partial charge in [-0.3, -0.25) is 9.69 Å². The number of nitrogens with zero attached hydrogens (tertiary/aromatic N) is 5. The Hall–Kier alpha value is -2.25. The van der Waals surface area contributed by atoms with Crippen molar-refractivity contribution in [1.82, 2.24) is 29.9 Å². The Kier molecular flexibility index (Phi) is 6.49. The van der Waals surface area contributed by atoms with E-state index in [1.165, 1.54) is 11.1 Å². The van der Waals surface area contributed by atoms with Crippen LogP contribution in [0.5, 0.6) is 0 Å². The van der Waals surface area contributed by atoms with Crippen LogP contribution in [0, 0.1) is 12.8 Å². The number of aryl methyl sites for hydroxylation is 1. The van der Waals surface area contributed by atoms with E-state index in [1.807, 2.05) is 6.92 Å². The van der Waals surface area contributed by atoms with Crippen molar-refractivity contribution in [3.8, 4) is 0 Å². The van der Waals surface area contributed by atoms with Crippen LogP contribution in [0.4, 0.5) is 0 Å². The number of hydrogen-bond acceptors (Lipinski definition) is 5. The van der Waals surface area contributed by atoms with Crippen LogP contribution in [0.25, 0.3) is 0 Å². The van der Waals surface area contributed by atoms with E-state index in [2.05, 4.69) is 68.1 Å². The molecule has 4 rings (SSSR count). The van der Waals surface area contributed by atoms with E-state index in [9.17, 15) is 4.79 Å². The zero-order valence-electron chi connectivity index (χ0n) is 18.5. The first-order valence-corrected chi connectivity index (χ1v) is 11.2. The van der Waals surface area contributed by atoms with Gasteiger partial charge in [-0.1, -0.05) is 24.3 Å². The van der Waals surface area contributed by atoms with Gasteiger partial charge in [0.2, 0.25) is 5.91 Å². The predicted octanol–water partition coefficient (Wildman–Crippen LogP) is 2.16. The van der Waals surface area contributed by atoms with E-state index in [4.69, 9.17) is 0 Å². The lowest BCUT2D eigenvalue weighted by atomic mass is 9.96. The quantitative estimate of drug-likeness (QED) is 0.818. The van der Waals surface area contributed by atoms with Crippen LogP contribution in [-0.4, -0.2) is 63.7 Å². The Labute approximate surface area is 179 Å².